The van der Waals surface area contributed by atoms with Crippen molar-refractivity contribution in [3.63, 3.8) is 0 Å². The van der Waals surface area contributed by atoms with Crippen molar-refractivity contribution in [2.24, 2.45) is 13.0 Å². The van der Waals surface area contributed by atoms with Gasteiger partial charge in [-0.25, -0.2) is 14.2 Å². The Bertz CT molecular complexity index is 712. The molecule has 1 atom stereocenters. The number of aliphatic hydroxyl groups is 1. The normalized spacial score (nSPS) is 15.0. The van der Waals surface area contributed by atoms with Gasteiger partial charge < -0.3 is 19.9 Å². The number of hydrogen-bond acceptors (Lipinski definition) is 3. The van der Waals surface area contributed by atoms with Crippen LogP contribution in [0.15, 0.2) is 36.7 Å². The Kier molecular flexibility index (Phi) is 5.33. The molecule has 134 valence electrons. The Labute approximate surface area is 146 Å². The number of imidazole rings is 1. The number of nitrogens with zero attached hydrogens (tertiary/aromatic N) is 3. The van der Waals surface area contributed by atoms with Crippen LogP contribution in [0, 0.1) is 11.7 Å². The highest BCUT2D eigenvalue weighted by Crippen LogP contribution is 2.40. The lowest BCUT2D eigenvalue weighted by Gasteiger charge is -2.26. The number of urea groups is 1. The maximum Gasteiger partial charge on any atom is 0.318 e. The fraction of sp³-hybridized carbons (Fsp3) is 0.444. The van der Waals surface area contributed by atoms with Crippen LogP contribution < -0.4 is 5.32 Å². The van der Waals surface area contributed by atoms with Gasteiger partial charge in [0.15, 0.2) is 0 Å². The van der Waals surface area contributed by atoms with Gasteiger partial charge in [-0.15, -0.1) is 0 Å². The SMILES string of the molecule is Cn1ccnc1C(NC(=O)N(CCO)Cc1ccc(F)cc1)C1CC1. The molecule has 2 aromatic rings. The van der Waals surface area contributed by atoms with Gasteiger partial charge in [-0.1, -0.05) is 12.1 Å². The van der Waals surface area contributed by atoms with Gasteiger partial charge in [-0.05, 0) is 36.5 Å². The van der Waals surface area contributed by atoms with Gasteiger partial charge in [0.2, 0.25) is 0 Å². The van der Waals surface area contributed by atoms with Gasteiger partial charge in [0.05, 0.1) is 12.6 Å². The minimum atomic E-state index is -0.314. The highest BCUT2D eigenvalue weighted by Gasteiger charge is 2.36. The van der Waals surface area contributed by atoms with Crippen molar-refractivity contribution in [2.75, 3.05) is 13.2 Å². The van der Waals surface area contributed by atoms with Crippen molar-refractivity contribution in [3.05, 3.63) is 53.9 Å². The fourth-order valence-electron chi connectivity index (χ4n) is 2.91. The molecule has 3 rings (SSSR count). The summed E-state index contributed by atoms with van der Waals surface area (Å²) < 4.78 is 15.0. The standard InChI is InChI=1S/C18H23FN4O2/c1-22-9-8-20-17(22)16(14-4-5-14)21-18(25)23(10-11-24)12-13-2-6-15(19)7-3-13/h2-3,6-9,14,16,24H,4-5,10-12H2,1H3,(H,21,25). The Morgan fingerprint density at radius 3 is 2.72 bits per heavy atom. The van der Waals surface area contributed by atoms with Crippen LogP contribution in [-0.2, 0) is 13.6 Å². The van der Waals surface area contributed by atoms with Gasteiger partial charge in [0, 0.05) is 32.5 Å². The van der Waals surface area contributed by atoms with Crippen LogP contribution in [-0.4, -0.2) is 38.7 Å². The average Bonchev–Trinajstić information content (AvgIpc) is 3.35. The van der Waals surface area contributed by atoms with E-state index in [2.05, 4.69) is 10.3 Å². The number of aliphatic hydroxyl groups excluding tert-OH is 1. The van der Waals surface area contributed by atoms with Gasteiger partial charge in [0.25, 0.3) is 0 Å². The maximum absolute atomic E-state index is 13.1. The minimum absolute atomic E-state index is 0.134. The summed E-state index contributed by atoms with van der Waals surface area (Å²) in [5.74, 6) is 0.916. The number of carbonyl (C=O) groups is 1. The van der Waals surface area contributed by atoms with Crippen LogP contribution in [0.3, 0.4) is 0 Å². The molecule has 0 radical (unpaired) electrons. The molecule has 2 amide bonds. The van der Waals surface area contributed by atoms with E-state index in [1.807, 2.05) is 17.8 Å². The highest BCUT2D eigenvalue weighted by atomic mass is 19.1. The van der Waals surface area contributed by atoms with Crippen molar-refractivity contribution in [1.82, 2.24) is 19.8 Å². The summed E-state index contributed by atoms with van der Waals surface area (Å²) in [4.78, 5) is 18.6. The predicted molar refractivity (Wildman–Crippen MR) is 91.1 cm³/mol. The Morgan fingerprint density at radius 2 is 2.16 bits per heavy atom. The molecule has 7 heteroatoms. The minimum Gasteiger partial charge on any atom is -0.395 e. The van der Waals surface area contributed by atoms with E-state index in [1.165, 1.54) is 17.0 Å². The van der Waals surface area contributed by atoms with Crippen molar-refractivity contribution in [3.8, 4) is 0 Å². The number of aromatic nitrogens is 2. The summed E-state index contributed by atoms with van der Waals surface area (Å²) in [5.41, 5.74) is 0.810. The summed E-state index contributed by atoms with van der Waals surface area (Å²) in [7, 11) is 1.91. The molecule has 0 saturated heterocycles. The molecule has 1 aliphatic rings. The summed E-state index contributed by atoms with van der Waals surface area (Å²) in [6.07, 6.45) is 5.72. The molecule has 1 fully saturated rings. The van der Waals surface area contributed by atoms with Crippen molar-refractivity contribution < 1.29 is 14.3 Å². The first-order valence-electron chi connectivity index (χ1n) is 8.46. The summed E-state index contributed by atoms with van der Waals surface area (Å²) in [5, 5.41) is 12.4. The van der Waals surface area contributed by atoms with Gasteiger partial charge >= 0.3 is 6.03 Å². The van der Waals surface area contributed by atoms with E-state index in [9.17, 15) is 14.3 Å². The number of carbonyl (C=O) groups excluding carboxylic acids is 1. The maximum atomic E-state index is 13.1. The van der Waals surface area contributed by atoms with Crippen LogP contribution in [0.25, 0.3) is 0 Å². The van der Waals surface area contributed by atoms with E-state index in [4.69, 9.17) is 0 Å². The molecule has 1 aromatic carbocycles. The van der Waals surface area contributed by atoms with Crippen LogP contribution in [0.5, 0.6) is 0 Å². The first-order valence-corrected chi connectivity index (χ1v) is 8.46. The zero-order valence-electron chi connectivity index (χ0n) is 14.2. The van der Waals surface area contributed by atoms with Crippen molar-refractivity contribution in [2.45, 2.75) is 25.4 Å². The number of hydrogen-bond donors (Lipinski definition) is 2. The van der Waals surface area contributed by atoms with E-state index in [0.717, 1.165) is 24.2 Å². The lowest BCUT2D eigenvalue weighted by Crippen LogP contribution is -2.43. The van der Waals surface area contributed by atoms with Crippen LogP contribution >= 0.6 is 0 Å². The monoisotopic (exact) mass is 346 g/mol. The Balaban J connectivity index is 1.71. The van der Waals surface area contributed by atoms with E-state index in [1.54, 1.807) is 18.3 Å². The second-order valence-corrected chi connectivity index (χ2v) is 6.43. The predicted octanol–water partition coefficient (Wildman–Crippen LogP) is 2.21. The molecular weight excluding hydrogens is 323 g/mol. The zero-order valence-corrected chi connectivity index (χ0v) is 14.2. The first-order chi connectivity index (χ1) is 12.1. The van der Waals surface area contributed by atoms with Crippen LogP contribution in [0.2, 0.25) is 0 Å². The molecule has 1 saturated carbocycles. The van der Waals surface area contributed by atoms with E-state index in [0.29, 0.717) is 12.5 Å². The quantitative estimate of drug-likeness (QED) is 0.808. The smallest absolute Gasteiger partial charge is 0.318 e. The van der Waals surface area contributed by atoms with E-state index in [-0.39, 0.29) is 31.0 Å². The number of amides is 2. The molecule has 1 aromatic heterocycles. The lowest BCUT2D eigenvalue weighted by atomic mass is 10.1. The molecule has 1 aliphatic carbocycles. The third kappa shape index (κ3) is 4.36. The summed E-state index contributed by atoms with van der Waals surface area (Å²) >= 11 is 0. The highest BCUT2D eigenvalue weighted by molar-refractivity contribution is 5.74. The summed E-state index contributed by atoms with van der Waals surface area (Å²) in [6.45, 7) is 0.386. The second kappa shape index (κ2) is 7.65. The number of halogens is 1. The van der Waals surface area contributed by atoms with Crippen molar-refractivity contribution >= 4 is 6.03 Å². The molecule has 0 spiro atoms. The largest absolute Gasteiger partial charge is 0.395 e. The Hall–Kier alpha value is -2.41. The van der Waals surface area contributed by atoms with Gasteiger partial charge in [-0.3, -0.25) is 0 Å². The van der Waals surface area contributed by atoms with Crippen molar-refractivity contribution in [1.29, 1.82) is 0 Å². The molecule has 2 N–H and O–H groups in total. The molecule has 1 heterocycles. The third-order valence-corrected chi connectivity index (χ3v) is 4.45. The van der Waals surface area contributed by atoms with Crippen LogP contribution in [0.4, 0.5) is 9.18 Å². The average molecular weight is 346 g/mol. The molecule has 6 nitrogen and oxygen atoms in total. The van der Waals surface area contributed by atoms with E-state index < -0.39 is 0 Å². The number of rotatable bonds is 7. The topological polar surface area (TPSA) is 70.4 Å². The number of benzene rings is 1. The lowest BCUT2D eigenvalue weighted by molar-refractivity contribution is 0.169. The molecular formula is C18H23FN4O2. The molecule has 1 unspecified atom stereocenters. The molecule has 25 heavy (non-hydrogen) atoms. The first kappa shape index (κ1) is 17.4. The second-order valence-electron chi connectivity index (χ2n) is 6.43. The van der Waals surface area contributed by atoms with Gasteiger partial charge in [0.1, 0.15) is 11.6 Å². The Morgan fingerprint density at radius 1 is 1.44 bits per heavy atom. The van der Waals surface area contributed by atoms with Crippen LogP contribution in [0.1, 0.15) is 30.3 Å². The molecule has 0 bridgehead atoms. The summed E-state index contributed by atoms with van der Waals surface area (Å²) in [6, 6.07) is 5.63. The fourth-order valence-corrected chi connectivity index (χ4v) is 2.91. The number of aryl methyl sites for hydroxylation is 1. The number of nitrogens with one attached hydrogen (secondary N) is 1. The van der Waals surface area contributed by atoms with E-state index >= 15 is 0 Å². The van der Waals surface area contributed by atoms with Gasteiger partial charge in [-0.2, -0.15) is 0 Å². The third-order valence-electron chi connectivity index (χ3n) is 4.45. The molecule has 0 aliphatic heterocycles. The zero-order chi connectivity index (χ0) is 17.8.